The molecule has 2 rings (SSSR count). The lowest BCUT2D eigenvalue weighted by atomic mass is 10.1. The number of halogens is 1. The van der Waals surface area contributed by atoms with Crippen LogP contribution in [-0.2, 0) is 0 Å². The van der Waals surface area contributed by atoms with Crippen LogP contribution in [0.3, 0.4) is 0 Å². The molecule has 0 fully saturated rings. The molecule has 0 aliphatic carbocycles. The SMILES string of the molecule is NNC(c1ccoc1)c1ncccc1Cl. The summed E-state index contributed by atoms with van der Waals surface area (Å²) in [4.78, 5) is 4.19. The minimum atomic E-state index is -0.252. The van der Waals surface area contributed by atoms with Crippen molar-refractivity contribution in [2.45, 2.75) is 6.04 Å². The van der Waals surface area contributed by atoms with Crippen molar-refractivity contribution < 1.29 is 4.42 Å². The van der Waals surface area contributed by atoms with Gasteiger partial charge in [-0.05, 0) is 18.2 Å². The zero-order valence-corrected chi connectivity index (χ0v) is 8.61. The van der Waals surface area contributed by atoms with Gasteiger partial charge in [-0.3, -0.25) is 10.8 Å². The summed E-state index contributed by atoms with van der Waals surface area (Å²) in [6, 6.07) is 5.11. The molecule has 0 bridgehead atoms. The van der Waals surface area contributed by atoms with Gasteiger partial charge >= 0.3 is 0 Å². The fourth-order valence-electron chi connectivity index (χ4n) is 1.38. The molecule has 0 saturated carbocycles. The van der Waals surface area contributed by atoms with Crippen molar-refractivity contribution in [3.63, 3.8) is 0 Å². The minimum Gasteiger partial charge on any atom is -0.472 e. The third kappa shape index (κ3) is 2.02. The highest BCUT2D eigenvalue weighted by atomic mass is 35.5. The summed E-state index contributed by atoms with van der Waals surface area (Å²) in [6.07, 6.45) is 4.86. The van der Waals surface area contributed by atoms with Crippen LogP contribution in [0.4, 0.5) is 0 Å². The minimum absolute atomic E-state index is 0.252. The highest BCUT2D eigenvalue weighted by molar-refractivity contribution is 6.31. The molecule has 3 N–H and O–H groups in total. The molecule has 2 heterocycles. The molecule has 2 aromatic rings. The number of nitrogens with two attached hydrogens (primary N) is 1. The Morgan fingerprint density at radius 1 is 1.47 bits per heavy atom. The molecule has 0 saturated heterocycles. The van der Waals surface area contributed by atoms with Crippen molar-refractivity contribution in [1.82, 2.24) is 10.4 Å². The number of hydrogen-bond donors (Lipinski definition) is 2. The molecule has 15 heavy (non-hydrogen) atoms. The zero-order chi connectivity index (χ0) is 10.7. The summed E-state index contributed by atoms with van der Waals surface area (Å²) >= 11 is 6.03. The van der Waals surface area contributed by atoms with Crippen LogP contribution in [0.5, 0.6) is 0 Å². The van der Waals surface area contributed by atoms with Crippen molar-refractivity contribution >= 4 is 11.6 Å². The lowest BCUT2D eigenvalue weighted by Crippen LogP contribution is -2.29. The van der Waals surface area contributed by atoms with Crippen LogP contribution in [0.25, 0.3) is 0 Å². The quantitative estimate of drug-likeness (QED) is 0.616. The molecule has 0 aliphatic heterocycles. The molecule has 0 amide bonds. The van der Waals surface area contributed by atoms with E-state index in [2.05, 4.69) is 10.4 Å². The molecule has 2 aromatic heterocycles. The molecule has 78 valence electrons. The molecular weight excluding hydrogens is 214 g/mol. The van der Waals surface area contributed by atoms with Crippen LogP contribution in [0.15, 0.2) is 41.3 Å². The van der Waals surface area contributed by atoms with Gasteiger partial charge in [-0.25, -0.2) is 5.43 Å². The standard InChI is InChI=1S/C10H10ClN3O/c11-8-2-1-4-13-10(8)9(14-12)7-3-5-15-6-7/h1-6,9,14H,12H2. The van der Waals surface area contributed by atoms with Crippen LogP contribution in [0.1, 0.15) is 17.3 Å². The average molecular weight is 224 g/mol. The number of hydrazine groups is 1. The van der Waals surface area contributed by atoms with Gasteiger partial charge in [0.1, 0.15) is 0 Å². The van der Waals surface area contributed by atoms with Gasteiger partial charge in [-0.1, -0.05) is 11.6 Å². The van der Waals surface area contributed by atoms with Crippen LogP contribution in [0, 0.1) is 0 Å². The Morgan fingerprint density at radius 3 is 2.93 bits per heavy atom. The lowest BCUT2D eigenvalue weighted by Gasteiger charge is -2.14. The molecule has 0 aliphatic rings. The molecule has 4 nitrogen and oxygen atoms in total. The monoisotopic (exact) mass is 223 g/mol. The first kappa shape index (κ1) is 10.2. The predicted molar refractivity (Wildman–Crippen MR) is 57.1 cm³/mol. The molecule has 1 unspecified atom stereocenters. The number of nitrogens with one attached hydrogen (secondary N) is 1. The number of hydrogen-bond acceptors (Lipinski definition) is 4. The number of aromatic nitrogens is 1. The Morgan fingerprint density at radius 2 is 2.33 bits per heavy atom. The normalized spacial score (nSPS) is 12.7. The summed E-state index contributed by atoms with van der Waals surface area (Å²) in [5.41, 5.74) is 4.23. The Hall–Kier alpha value is -1.36. The van der Waals surface area contributed by atoms with Crippen molar-refractivity contribution in [3.8, 4) is 0 Å². The first-order chi connectivity index (χ1) is 7.33. The third-order valence-electron chi connectivity index (χ3n) is 2.10. The highest BCUT2D eigenvalue weighted by Crippen LogP contribution is 2.25. The predicted octanol–water partition coefficient (Wildman–Crippen LogP) is 1.88. The van der Waals surface area contributed by atoms with E-state index in [-0.39, 0.29) is 6.04 Å². The van der Waals surface area contributed by atoms with Crippen molar-refractivity contribution in [2.75, 3.05) is 0 Å². The van der Waals surface area contributed by atoms with Gasteiger partial charge in [0.05, 0.1) is 29.3 Å². The summed E-state index contributed by atoms with van der Waals surface area (Å²) < 4.78 is 4.99. The van der Waals surface area contributed by atoms with Crippen LogP contribution < -0.4 is 11.3 Å². The maximum atomic E-state index is 6.03. The second-order valence-corrected chi connectivity index (χ2v) is 3.43. The summed E-state index contributed by atoms with van der Waals surface area (Å²) in [7, 11) is 0. The maximum absolute atomic E-state index is 6.03. The first-order valence-electron chi connectivity index (χ1n) is 4.41. The Bertz CT molecular complexity index is 430. The van der Waals surface area contributed by atoms with Gasteiger partial charge in [-0.2, -0.15) is 0 Å². The summed E-state index contributed by atoms with van der Waals surface area (Å²) in [5.74, 6) is 5.47. The van der Waals surface area contributed by atoms with Gasteiger partial charge in [0.2, 0.25) is 0 Å². The van der Waals surface area contributed by atoms with Crippen molar-refractivity contribution in [3.05, 3.63) is 53.2 Å². The van der Waals surface area contributed by atoms with E-state index >= 15 is 0 Å². The van der Waals surface area contributed by atoms with Gasteiger partial charge < -0.3 is 4.42 Å². The number of pyridine rings is 1. The molecule has 1 atom stereocenters. The van der Waals surface area contributed by atoms with Gasteiger partial charge in [-0.15, -0.1) is 0 Å². The summed E-state index contributed by atoms with van der Waals surface area (Å²) in [6.45, 7) is 0. The highest BCUT2D eigenvalue weighted by Gasteiger charge is 2.17. The molecule has 0 spiro atoms. The number of rotatable bonds is 3. The van der Waals surface area contributed by atoms with E-state index in [4.69, 9.17) is 21.9 Å². The van der Waals surface area contributed by atoms with E-state index in [1.54, 1.807) is 30.9 Å². The second-order valence-electron chi connectivity index (χ2n) is 3.03. The van der Waals surface area contributed by atoms with Crippen LogP contribution in [0.2, 0.25) is 5.02 Å². The number of nitrogens with zero attached hydrogens (tertiary/aromatic N) is 1. The van der Waals surface area contributed by atoms with Crippen molar-refractivity contribution in [2.24, 2.45) is 5.84 Å². The van der Waals surface area contributed by atoms with Crippen molar-refractivity contribution in [1.29, 1.82) is 0 Å². The fraction of sp³-hybridized carbons (Fsp3) is 0.100. The van der Waals surface area contributed by atoms with E-state index in [0.717, 1.165) is 5.56 Å². The Labute approximate surface area is 92.0 Å². The number of furan rings is 1. The van der Waals surface area contributed by atoms with Gasteiger partial charge in [0.25, 0.3) is 0 Å². The molecular formula is C10H10ClN3O. The molecule has 0 aromatic carbocycles. The van der Waals surface area contributed by atoms with E-state index in [1.807, 2.05) is 6.07 Å². The van der Waals surface area contributed by atoms with Gasteiger partial charge in [0, 0.05) is 11.8 Å². The second kappa shape index (κ2) is 4.44. The first-order valence-corrected chi connectivity index (χ1v) is 4.79. The fourth-order valence-corrected chi connectivity index (χ4v) is 1.61. The van der Waals surface area contributed by atoms with E-state index in [9.17, 15) is 0 Å². The van der Waals surface area contributed by atoms with E-state index < -0.39 is 0 Å². The van der Waals surface area contributed by atoms with Crippen LogP contribution in [-0.4, -0.2) is 4.98 Å². The summed E-state index contributed by atoms with van der Waals surface area (Å²) in [5, 5.41) is 0.571. The zero-order valence-electron chi connectivity index (χ0n) is 7.85. The maximum Gasteiger partial charge on any atom is 0.0954 e. The topological polar surface area (TPSA) is 64.1 Å². The Balaban J connectivity index is 2.40. The molecule has 5 heteroatoms. The van der Waals surface area contributed by atoms with E-state index in [0.29, 0.717) is 10.7 Å². The van der Waals surface area contributed by atoms with Crippen LogP contribution >= 0.6 is 11.6 Å². The smallest absolute Gasteiger partial charge is 0.0954 e. The average Bonchev–Trinajstić information content (AvgIpc) is 2.75. The largest absolute Gasteiger partial charge is 0.472 e. The third-order valence-corrected chi connectivity index (χ3v) is 2.42. The molecule has 0 radical (unpaired) electrons. The Kier molecular flexibility index (Phi) is 3.01. The van der Waals surface area contributed by atoms with E-state index in [1.165, 1.54) is 0 Å². The van der Waals surface area contributed by atoms with Gasteiger partial charge in [0.15, 0.2) is 0 Å². The lowest BCUT2D eigenvalue weighted by molar-refractivity contribution is 0.551.